The third-order valence-corrected chi connectivity index (χ3v) is 4.96. The van der Waals surface area contributed by atoms with E-state index >= 15 is 0 Å². The van der Waals surface area contributed by atoms with E-state index in [9.17, 15) is 18.0 Å². The van der Waals surface area contributed by atoms with E-state index in [-0.39, 0.29) is 17.9 Å². The lowest BCUT2D eigenvalue weighted by Crippen LogP contribution is -3.15. The minimum atomic E-state index is -4.35. The molecule has 9 heteroatoms. The minimum Gasteiger partial charge on any atom is -0.360 e. The van der Waals surface area contributed by atoms with Crippen molar-refractivity contribution >= 4 is 17.5 Å². The molecule has 0 unspecified atom stereocenters. The van der Waals surface area contributed by atoms with Gasteiger partial charge in [0.05, 0.1) is 37.4 Å². The number of alkyl halides is 3. The Labute approximate surface area is 167 Å². The first kappa shape index (κ1) is 21.2. The third kappa shape index (κ3) is 5.50. The van der Waals surface area contributed by atoms with Crippen LogP contribution in [0.1, 0.15) is 32.0 Å². The molecule has 1 amide bonds. The van der Waals surface area contributed by atoms with Crippen LogP contribution in [0, 0.1) is 0 Å². The Balaban J connectivity index is 1.51. The second-order valence-corrected chi connectivity index (χ2v) is 8.34. The van der Waals surface area contributed by atoms with E-state index in [0.717, 1.165) is 16.7 Å². The Hall–Kier alpha value is -2.55. The molecule has 3 rings (SSSR count). The predicted octanol–water partition coefficient (Wildman–Crippen LogP) is 2.33. The maximum Gasteiger partial charge on any atom is 0.416 e. The average molecular weight is 411 g/mol. The van der Waals surface area contributed by atoms with Crippen LogP contribution >= 0.6 is 0 Å². The maximum atomic E-state index is 12.9. The molecule has 1 aromatic carbocycles. The molecule has 1 aliphatic rings. The summed E-state index contributed by atoms with van der Waals surface area (Å²) in [5.74, 6) is 0.144. The summed E-state index contributed by atoms with van der Waals surface area (Å²) in [5.41, 5.74) is 0.498. The molecule has 2 heterocycles. The molecule has 1 aliphatic heterocycles. The SMILES string of the molecule is CC(C)(C)c1cc(NC(=O)C[NH+]2CCN(c3cccc(C(F)(F)F)c3)CC2)on1. The first-order valence-electron chi connectivity index (χ1n) is 9.55. The van der Waals surface area contributed by atoms with Crippen molar-refractivity contribution in [3.05, 3.63) is 41.6 Å². The van der Waals surface area contributed by atoms with Gasteiger partial charge in [0, 0.05) is 17.2 Å². The molecule has 1 aromatic heterocycles. The van der Waals surface area contributed by atoms with Crippen LogP contribution in [0.25, 0.3) is 0 Å². The molecule has 0 bridgehead atoms. The number of nitrogens with zero attached hydrogens (tertiary/aromatic N) is 2. The van der Waals surface area contributed by atoms with Crippen molar-refractivity contribution in [3.8, 4) is 0 Å². The highest BCUT2D eigenvalue weighted by Crippen LogP contribution is 2.31. The van der Waals surface area contributed by atoms with Gasteiger partial charge in [0.25, 0.3) is 5.91 Å². The first-order valence-corrected chi connectivity index (χ1v) is 9.55. The summed E-state index contributed by atoms with van der Waals surface area (Å²) in [6.45, 7) is 8.77. The molecule has 0 radical (unpaired) electrons. The molecule has 0 spiro atoms. The largest absolute Gasteiger partial charge is 0.416 e. The standard InChI is InChI=1S/C20H25F3N4O2/c1-19(2,3)16-12-18(29-25-16)24-17(28)13-26-7-9-27(10-8-26)15-6-4-5-14(11-15)20(21,22)23/h4-6,11-12H,7-10,13H2,1-3H3,(H,24,28)/p+1. The Morgan fingerprint density at radius 1 is 1.21 bits per heavy atom. The monoisotopic (exact) mass is 411 g/mol. The topological polar surface area (TPSA) is 62.8 Å². The number of nitrogens with one attached hydrogen (secondary N) is 2. The van der Waals surface area contributed by atoms with Crippen molar-refractivity contribution in [2.75, 3.05) is 42.9 Å². The van der Waals surface area contributed by atoms with Crippen molar-refractivity contribution in [2.24, 2.45) is 0 Å². The number of hydrogen-bond acceptors (Lipinski definition) is 4. The number of quaternary nitrogens is 1. The number of anilines is 2. The molecular formula is C20H26F3N4O2+. The summed E-state index contributed by atoms with van der Waals surface area (Å²) in [5, 5.41) is 6.69. The van der Waals surface area contributed by atoms with E-state index < -0.39 is 11.7 Å². The number of amides is 1. The lowest BCUT2D eigenvalue weighted by molar-refractivity contribution is -0.892. The molecule has 0 atom stereocenters. The van der Waals surface area contributed by atoms with Crippen LogP contribution in [-0.2, 0) is 16.4 Å². The summed E-state index contributed by atoms with van der Waals surface area (Å²) in [6.07, 6.45) is -4.35. The third-order valence-electron chi connectivity index (χ3n) is 4.96. The molecule has 29 heavy (non-hydrogen) atoms. The summed E-state index contributed by atoms with van der Waals surface area (Å²) < 4.78 is 43.9. The number of rotatable bonds is 4. The number of halogens is 3. The van der Waals surface area contributed by atoms with Crippen molar-refractivity contribution in [3.63, 3.8) is 0 Å². The quantitative estimate of drug-likeness (QED) is 0.811. The zero-order valence-electron chi connectivity index (χ0n) is 16.8. The second-order valence-electron chi connectivity index (χ2n) is 8.34. The molecule has 0 saturated carbocycles. The summed E-state index contributed by atoms with van der Waals surface area (Å²) >= 11 is 0. The summed E-state index contributed by atoms with van der Waals surface area (Å²) in [7, 11) is 0. The normalized spacial score (nSPS) is 16.1. The fourth-order valence-electron chi connectivity index (χ4n) is 3.23. The van der Waals surface area contributed by atoms with E-state index in [1.54, 1.807) is 12.1 Å². The second kappa shape index (κ2) is 8.06. The number of hydrogen-bond donors (Lipinski definition) is 2. The van der Waals surface area contributed by atoms with Crippen LogP contribution in [-0.4, -0.2) is 43.8 Å². The zero-order chi connectivity index (χ0) is 21.2. The highest BCUT2D eigenvalue weighted by molar-refractivity contribution is 5.90. The van der Waals surface area contributed by atoms with Crippen molar-refractivity contribution in [2.45, 2.75) is 32.4 Å². The van der Waals surface area contributed by atoms with Gasteiger partial charge in [-0.25, -0.2) is 0 Å². The Morgan fingerprint density at radius 2 is 1.90 bits per heavy atom. The Bertz CT molecular complexity index is 850. The lowest BCUT2D eigenvalue weighted by atomic mass is 9.92. The van der Waals surface area contributed by atoms with Crippen LogP contribution in [0.5, 0.6) is 0 Å². The van der Waals surface area contributed by atoms with Crippen LogP contribution in [0.3, 0.4) is 0 Å². The molecule has 1 saturated heterocycles. The van der Waals surface area contributed by atoms with Gasteiger partial charge in [0.15, 0.2) is 6.54 Å². The lowest BCUT2D eigenvalue weighted by Gasteiger charge is -2.33. The number of piperazine rings is 1. The Kier molecular flexibility index (Phi) is 5.88. The van der Waals surface area contributed by atoms with E-state index in [1.807, 2.05) is 25.7 Å². The molecular weight excluding hydrogens is 385 g/mol. The predicted molar refractivity (Wildman–Crippen MR) is 103 cm³/mol. The highest BCUT2D eigenvalue weighted by atomic mass is 19.4. The first-order chi connectivity index (χ1) is 13.5. The van der Waals surface area contributed by atoms with E-state index in [0.29, 0.717) is 37.8 Å². The summed E-state index contributed by atoms with van der Waals surface area (Å²) in [6, 6.07) is 7.08. The van der Waals surface area contributed by atoms with E-state index in [4.69, 9.17) is 4.52 Å². The number of carbonyl (C=O) groups is 1. The molecule has 2 aromatic rings. The van der Waals surface area contributed by atoms with Gasteiger partial charge < -0.3 is 14.3 Å². The molecule has 2 N–H and O–H groups in total. The van der Waals surface area contributed by atoms with Crippen LogP contribution in [0.15, 0.2) is 34.9 Å². The number of benzene rings is 1. The molecule has 0 aliphatic carbocycles. The van der Waals surface area contributed by atoms with Crippen LogP contribution < -0.4 is 15.1 Å². The van der Waals surface area contributed by atoms with Crippen molar-refractivity contribution in [1.29, 1.82) is 0 Å². The highest BCUT2D eigenvalue weighted by Gasteiger charge is 2.31. The smallest absolute Gasteiger partial charge is 0.360 e. The van der Waals surface area contributed by atoms with Crippen LogP contribution in [0.4, 0.5) is 24.7 Å². The van der Waals surface area contributed by atoms with Gasteiger partial charge in [-0.2, -0.15) is 13.2 Å². The molecule has 6 nitrogen and oxygen atoms in total. The van der Waals surface area contributed by atoms with Crippen molar-refractivity contribution < 1.29 is 27.4 Å². The van der Waals surface area contributed by atoms with Gasteiger partial charge in [-0.3, -0.25) is 10.1 Å². The van der Waals surface area contributed by atoms with Gasteiger partial charge in [-0.05, 0) is 18.2 Å². The average Bonchev–Trinajstić information content (AvgIpc) is 3.10. The van der Waals surface area contributed by atoms with Crippen molar-refractivity contribution in [1.82, 2.24) is 5.16 Å². The van der Waals surface area contributed by atoms with Gasteiger partial charge in [0.2, 0.25) is 5.88 Å². The fourth-order valence-corrected chi connectivity index (χ4v) is 3.23. The fraction of sp³-hybridized carbons (Fsp3) is 0.500. The van der Waals surface area contributed by atoms with Gasteiger partial charge in [-0.15, -0.1) is 0 Å². The molecule has 158 valence electrons. The zero-order valence-corrected chi connectivity index (χ0v) is 16.8. The molecule has 1 fully saturated rings. The van der Waals surface area contributed by atoms with Gasteiger partial charge in [0.1, 0.15) is 0 Å². The maximum absolute atomic E-state index is 12.9. The van der Waals surface area contributed by atoms with Gasteiger partial charge >= 0.3 is 6.18 Å². The Morgan fingerprint density at radius 3 is 2.48 bits per heavy atom. The van der Waals surface area contributed by atoms with E-state index in [2.05, 4.69) is 10.5 Å². The summed E-state index contributed by atoms with van der Waals surface area (Å²) in [4.78, 5) is 15.3. The number of aromatic nitrogens is 1. The minimum absolute atomic E-state index is 0.169. The van der Waals surface area contributed by atoms with Gasteiger partial charge in [-0.1, -0.05) is 32.0 Å². The number of carbonyl (C=O) groups excluding carboxylic acids is 1. The van der Waals surface area contributed by atoms with E-state index in [1.165, 1.54) is 12.1 Å². The van der Waals surface area contributed by atoms with Crippen LogP contribution in [0.2, 0.25) is 0 Å².